The molecule has 0 aromatic heterocycles. The summed E-state index contributed by atoms with van der Waals surface area (Å²) >= 11 is 0. The Kier molecular flexibility index (Phi) is 6.65. The van der Waals surface area contributed by atoms with Crippen molar-refractivity contribution >= 4 is 5.91 Å². The number of ether oxygens (including phenoxy) is 1. The number of amides is 1. The fourth-order valence-electron chi connectivity index (χ4n) is 2.37. The SMILES string of the molecule is CC(C)COCCNC(=O)C1CCC(N)C(C)C1. The third-order valence-electron chi connectivity index (χ3n) is 3.60. The summed E-state index contributed by atoms with van der Waals surface area (Å²) in [6.45, 7) is 8.34. The fourth-order valence-corrected chi connectivity index (χ4v) is 2.37. The topological polar surface area (TPSA) is 64.3 Å². The molecule has 3 unspecified atom stereocenters. The van der Waals surface area contributed by atoms with Crippen molar-refractivity contribution in [2.24, 2.45) is 23.5 Å². The number of carbonyl (C=O) groups excluding carboxylic acids is 1. The van der Waals surface area contributed by atoms with E-state index in [1.54, 1.807) is 0 Å². The van der Waals surface area contributed by atoms with Gasteiger partial charge in [-0.25, -0.2) is 0 Å². The molecule has 0 aromatic rings. The molecule has 3 N–H and O–H groups in total. The molecule has 0 heterocycles. The van der Waals surface area contributed by atoms with Gasteiger partial charge in [-0.2, -0.15) is 0 Å². The molecule has 0 bridgehead atoms. The van der Waals surface area contributed by atoms with Crippen LogP contribution in [0.1, 0.15) is 40.0 Å². The van der Waals surface area contributed by atoms with Crippen molar-refractivity contribution in [1.29, 1.82) is 0 Å². The van der Waals surface area contributed by atoms with E-state index in [4.69, 9.17) is 10.5 Å². The Bertz CT molecular complexity index is 256. The van der Waals surface area contributed by atoms with Gasteiger partial charge < -0.3 is 15.8 Å². The largest absolute Gasteiger partial charge is 0.379 e. The Morgan fingerprint density at radius 3 is 2.78 bits per heavy atom. The van der Waals surface area contributed by atoms with E-state index >= 15 is 0 Å². The molecule has 3 atom stereocenters. The van der Waals surface area contributed by atoms with E-state index in [0.717, 1.165) is 25.9 Å². The second-order valence-corrected chi connectivity index (χ2v) is 5.91. The lowest BCUT2D eigenvalue weighted by Gasteiger charge is -2.31. The quantitative estimate of drug-likeness (QED) is 0.709. The van der Waals surface area contributed by atoms with Crippen molar-refractivity contribution in [3.05, 3.63) is 0 Å². The molecule has 1 saturated carbocycles. The Morgan fingerprint density at radius 1 is 1.44 bits per heavy atom. The van der Waals surface area contributed by atoms with Gasteiger partial charge in [-0.1, -0.05) is 20.8 Å². The summed E-state index contributed by atoms with van der Waals surface area (Å²) in [4.78, 5) is 11.9. The Morgan fingerprint density at radius 2 is 2.17 bits per heavy atom. The molecule has 18 heavy (non-hydrogen) atoms. The zero-order valence-corrected chi connectivity index (χ0v) is 11.9. The molecule has 4 heteroatoms. The average molecular weight is 256 g/mol. The van der Waals surface area contributed by atoms with Crippen molar-refractivity contribution in [1.82, 2.24) is 5.32 Å². The van der Waals surface area contributed by atoms with Gasteiger partial charge in [0.05, 0.1) is 6.61 Å². The van der Waals surface area contributed by atoms with Crippen molar-refractivity contribution in [2.45, 2.75) is 46.1 Å². The van der Waals surface area contributed by atoms with E-state index in [2.05, 4.69) is 26.1 Å². The predicted molar refractivity (Wildman–Crippen MR) is 73.1 cm³/mol. The Hall–Kier alpha value is -0.610. The van der Waals surface area contributed by atoms with Gasteiger partial charge in [0.1, 0.15) is 0 Å². The van der Waals surface area contributed by atoms with Crippen LogP contribution in [-0.2, 0) is 9.53 Å². The van der Waals surface area contributed by atoms with Gasteiger partial charge in [0, 0.05) is 25.1 Å². The fraction of sp³-hybridized carbons (Fsp3) is 0.929. The molecule has 4 nitrogen and oxygen atoms in total. The summed E-state index contributed by atoms with van der Waals surface area (Å²) in [5, 5.41) is 2.96. The average Bonchev–Trinajstić information content (AvgIpc) is 2.31. The minimum atomic E-state index is 0.143. The first-order valence-electron chi connectivity index (χ1n) is 7.11. The van der Waals surface area contributed by atoms with Crippen LogP contribution in [0.5, 0.6) is 0 Å². The smallest absolute Gasteiger partial charge is 0.223 e. The molecule has 0 spiro atoms. The zero-order valence-electron chi connectivity index (χ0n) is 11.9. The number of nitrogens with one attached hydrogen (secondary N) is 1. The molecule has 0 radical (unpaired) electrons. The third-order valence-corrected chi connectivity index (χ3v) is 3.60. The van der Waals surface area contributed by atoms with Crippen LogP contribution in [0.4, 0.5) is 0 Å². The summed E-state index contributed by atoms with van der Waals surface area (Å²) in [6, 6.07) is 0.267. The van der Waals surface area contributed by atoms with Crippen LogP contribution >= 0.6 is 0 Å². The second-order valence-electron chi connectivity index (χ2n) is 5.91. The molecule has 1 aliphatic rings. The lowest BCUT2D eigenvalue weighted by Crippen LogP contribution is -2.41. The minimum Gasteiger partial charge on any atom is -0.379 e. The summed E-state index contributed by atoms with van der Waals surface area (Å²) in [7, 11) is 0. The van der Waals surface area contributed by atoms with Crippen molar-refractivity contribution < 1.29 is 9.53 Å². The van der Waals surface area contributed by atoms with E-state index in [1.807, 2.05) is 0 Å². The molecule has 1 rings (SSSR count). The highest BCUT2D eigenvalue weighted by Gasteiger charge is 2.29. The summed E-state index contributed by atoms with van der Waals surface area (Å²) in [6.07, 6.45) is 2.80. The van der Waals surface area contributed by atoms with Crippen LogP contribution in [0, 0.1) is 17.8 Å². The maximum atomic E-state index is 11.9. The second kappa shape index (κ2) is 7.74. The van der Waals surface area contributed by atoms with Gasteiger partial charge in [-0.15, -0.1) is 0 Å². The first-order valence-corrected chi connectivity index (χ1v) is 7.11. The maximum absolute atomic E-state index is 11.9. The Labute approximate surface area is 111 Å². The van der Waals surface area contributed by atoms with E-state index in [-0.39, 0.29) is 17.9 Å². The first-order chi connectivity index (χ1) is 8.50. The van der Waals surface area contributed by atoms with Gasteiger partial charge in [0.2, 0.25) is 5.91 Å². The van der Waals surface area contributed by atoms with Crippen LogP contribution in [0.3, 0.4) is 0 Å². The standard InChI is InChI=1S/C14H28N2O2/c1-10(2)9-18-7-6-16-14(17)12-4-5-13(15)11(3)8-12/h10-13H,4-9,15H2,1-3H3,(H,16,17). The maximum Gasteiger partial charge on any atom is 0.223 e. The minimum absolute atomic E-state index is 0.143. The summed E-state index contributed by atoms with van der Waals surface area (Å²) < 4.78 is 5.44. The first kappa shape index (κ1) is 15.4. The third kappa shape index (κ3) is 5.36. The number of carbonyl (C=O) groups is 1. The van der Waals surface area contributed by atoms with Gasteiger partial charge in [0.25, 0.3) is 0 Å². The normalized spacial score (nSPS) is 28.4. The molecular formula is C14H28N2O2. The van der Waals surface area contributed by atoms with Crippen LogP contribution in [-0.4, -0.2) is 31.7 Å². The molecule has 106 valence electrons. The molecule has 1 aliphatic carbocycles. The van der Waals surface area contributed by atoms with E-state index in [1.165, 1.54) is 0 Å². The highest BCUT2D eigenvalue weighted by atomic mass is 16.5. The van der Waals surface area contributed by atoms with E-state index in [0.29, 0.717) is 25.0 Å². The number of hydrogen-bond donors (Lipinski definition) is 2. The molecule has 1 amide bonds. The predicted octanol–water partition coefficient (Wildman–Crippen LogP) is 1.54. The van der Waals surface area contributed by atoms with Crippen LogP contribution in [0.25, 0.3) is 0 Å². The van der Waals surface area contributed by atoms with Crippen molar-refractivity contribution in [3.63, 3.8) is 0 Å². The molecule has 1 fully saturated rings. The Balaban J connectivity index is 2.13. The van der Waals surface area contributed by atoms with Crippen LogP contribution in [0.2, 0.25) is 0 Å². The van der Waals surface area contributed by atoms with Gasteiger partial charge >= 0.3 is 0 Å². The zero-order chi connectivity index (χ0) is 13.5. The van der Waals surface area contributed by atoms with E-state index in [9.17, 15) is 4.79 Å². The number of hydrogen-bond acceptors (Lipinski definition) is 3. The van der Waals surface area contributed by atoms with Gasteiger partial charge in [-0.05, 0) is 31.1 Å². The summed E-state index contributed by atoms with van der Waals surface area (Å²) in [5.74, 6) is 1.31. The van der Waals surface area contributed by atoms with Gasteiger partial charge in [0.15, 0.2) is 0 Å². The highest BCUT2D eigenvalue weighted by Crippen LogP contribution is 2.27. The molecular weight excluding hydrogens is 228 g/mol. The van der Waals surface area contributed by atoms with Crippen LogP contribution in [0.15, 0.2) is 0 Å². The lowest BCUT2D eigenvalue weighted by atomic mass is 9.79. The van der Waals surface area contributed by atoms with E-state index < -0.39 is 0 Å². The van der Waals surface area contributed by atoms with Crippen molar-refractivity contribution in [3.8, 4) is 0 Å². The lowest BCUT2D eigenvalue weighted by molar-refractivity contribution is -0.126. The van der Waals surface area contributed by atoms with Crippen LogP contribution < -0.4 is 11.1 Å². The number of nitrogens with two attached hydrogens (primary N) is 1. The number of rotatable bonds is 6. The molecule has 0 saturated heterocycles. The summed E-state index contributed by atoms with van der Waals surface area (Å²) in [5.41, 5.74) is 5.96. The molecule has 0 aliphatic heterocycles. The van der Waals surface area contributed by atoms with Gasteiger partial charge in [-0.3, -0.25) is 4.79 Å². The van der Waals surface area contributed by atoms with Crippen molar-refractivity contribution in [2.75, 3.05) is 19.8 Å². The monoisotopic (exact) mass is 256 g/mol. The molecule has 0 aromatic carbocycles. The highest BCUT2D eigenvalue weighted by molar-refractivity contribution is 5.78.